The maximum Gasteiger partial charge on any atom is 0.255 e. The van der Waals surface area contributed by atoms with Gasteiger partial charge >= 0.3 is 0 Å². The number of hydrogen-bond donors (Lipinski definition) is 0. The molecule has 0 spiro atoms. The third kappa shape index (κ3) is 4.61. The number of halogens is 2. The molecule has 3 heterocycles. The van der Waals surface area contributed by atoms with Crippen molar-refractivity contribution in [2.45, 2.75) is 19.0 Å². The quantitative estimate of drug-likeness (QED) is 0.390. The van der Waals surface area contributed by atoms with E-state index in [9.17, 15) is 14.0 Å². The Morgan fingerprint density at radius 1 is 1.00 bits per heavy atom. The lowest BCUT2D eigenvalue weighted by Crippen LogP contribution is -2.43. The summed E-state index contributed by atoms with van der Waals surface area (Å²) in [6.07, 6.45) is 3.93. The molecule has 1 aliphatic heterocycles. The van der Waals surface area contributed by atoms with Crippen LogP contribution in [0.25, 0.3) is 11.3 Å². The molecule has 1 aliphatic rings. The average molecular weight is 477 g/mol. The highest BCUT2D eigenvalue weighted by atomic mass is 35.5. The van der Waals surface area contributed by atoms with Crippen LogP contribution in [-0.4, -0.2) is 26.9 Å². The topological polar surface area (TPSA) is 68.1 Å². The number of aromatic nitrogens is 3. The van der Waals surface area contributed by atoms with Crippen LogP contribution < -0.4 is 10.5 Å². The fraction of sp³-hybridized carbons (Fsp3) is 0.154. The van der Waals surface area contributed by atoms with Gasteiger partial charge in [0.1, 0.15) is 5.82 Å². The molecule has 172 valence electrons. The lowest BCUT2D eigenvalue weighted by Gasteiger charge is -2.38. The van der Waals surface area contributed by atoms with E-state index >= 15 is 0 Å². The number of ketones is 1. The van der Waals surface area contributed by atoms with E-state index in [2.05, 4.69) is 4.98 Å². The SMILES string of the molecule is Cl.O=C(CN1c2nc(-c3ccncc3)cc(=O)n2CCC1c1ccccc1)c1cccc(F)c1. The van der Waals surface area contributed by atoms with Gasteiger partial charge in [0.15, 0.2) is 5.78 Å². The number of carbonyl (C=O) groups is 1. The van der Waals surface area contributed by atoms with E-state index in [0.717, 1.165) is 11.1 Å². The summed E-state index contributed by atoms with van der Waals surface area (Å²) >= 11 is 0. The van der Waals surface area contributed by atoms with E-state index in [1.54, 1.807) is 35.2 Å². The minimum absolute atomic E-state index is 0. The van der Waals surface area contributed by atoms with Gasteiger partial charge in [0.25, 0.3) is 5.56 Å². The Morgan fingerprint density at radius 3 is 2.50 bits per heavy atom. The van der Waals surface area contributed by atoms with Gasteiger partial charge in [-0.05, 0) is 36.2 Å². The zero-order chi connectivity index (χ0) is 22.8. The first-order chi connectivity index (χ1) is 16.1. The number of nitrogens with zero attached hydrogens (tertiary/aromatic N) is 4. The molecule has 0 aliphatic carbocycles. The second-order valence-electron chi connectivity index (χ2n) is 7.94. The minimum atomic E-state index is -0.464. The Hall–Kier alpha value is -3.84. The number of anilines is 1. The van der Waals surface area contributed by atoms with E-state index in [0.29, 0.717) is 24.6 Å². The molecule has 0 saturated heterocycles. The van der Waals surface area contributed by atoms with Crippen LogP contribution in [0, 0.1) is 5.82 Å². The fourth-order valence-electron chi connectivity index (χ4n) is 4.25. The number of fused-ring (bicyclic) bond motifs is 1. The maximum atomic E-state index is 13.8. The van der Waals surface area contributed by atoms with Crippen molar-refractivity contribution in [3.05, 3.63) is 112 Å². The van der Waals surface area contributed by atoms with E-state index in [1.165, 1.54) is 24.3 Å². The summed E-state index contributed by atoms with van der Waals surface area (Å²) in [6, 6.07) is 20.4. The standard InChI is InChI=1S/C26H21FN4O2.ClH/c27-21-8-4-7-20(15-21)24(32)17-31-23(19-5-2-1-3-6-19)11-14-30-25(33)16-22(29-26(30)31)18-9-12-28-13-10-18;/h1-10,12-13,15-16,23H,11,14,17H2;1H. The van der Waals surface area contributed by atoms with Gasteiger partial charge in [0.2, 0.25) is 5.95 Å². The Kier molecular flexibility index (Phi) is 6.84. The van der Waals surface area contributed by atoms with E-state index in [4.69, 9.17) is 4.98 Å². The van der Waals surface area contributed by atoms with Gasteiger partial charge in [-0.25, -0.2) is 9.37 Å². The molecule has 34 heavy (non-hydrogen) atoms. The zero-order valence-electron chi connectivity index (χ0n) is 18.2. The third-order valence-corrected chi connectivity index (χ3v) is 5.87. The molecule has 1 unspecified atom stereocenters. The first-order valence-electron chi connectivity index (χ1n) is 10.7. The number of Topliss-reactive ketones (excluding diaryl/α,β-unsaturated/α-hetero) is 1. The van der Waals surface area contributed by atoms with Gasteiger partial charge in [-0.3, -0.25) is 19.1 Å². The molecular weight excluding hydrogens is 455 g/mol. The summed E-state index contributed by atoms with van der Waals surface area (Å²) in [5.74, 6) is -0.277. The average Bonchev–Trinajstić information content (AvgIpc) is 2.85. The number of rotatable bonds is 5. The first-order valence-corrected chi connectivity index (χ1v) is 10.7. The normalized spacial score (nSPS) is 14.7. The number of benzene rings is 2. The summed E-state index contributed by atoms with van der Waals surface area (Å²) in [6.45, 7) is 0.456. The summed E-state index contributed by atoms with van der Waals surface area (Å²) < 4.78 is 15.4. The maximum absolute atomic E-state index is 13.8. The Labute approximate surface area is 202 Å². The number of carbonyl (C=O) groups excluding carboxylic acids is 1. The highest BCUT2D eigenvalue weighted by Crippen LogP contribution is 2.34. The van der Waals surface area contributed by atoms with E-state index in [-0.39, 0.29) is 41.9 Å². The molecule has 0 saturated carbocycles. The summed E-state index contributed by atoms with van der Waals surface area (Å²) in [4.78, 5) is 36.8. The second-order valence-corrected chi connectivity index (χ2v) is 7.94. The highest BCUT2D eigenvalue weighted by Gasteiger charge is 2.31. The summed E-state index contributed by atoms with van der Waals surface area (Å²) in [5, 5.41) is 0. The molecule has 1 atom stereocenters. The van der Waals surface area contributed by atoms with Crippen LogP contribution in [0.3, 0.4) is 0 Å². The van der Waals surface area contributed by atoms with Crippen LogP contribution in [-0.2, 0) is 6.54 Å². The molecule has 5 rings (SSSR count). The van der Waals surface area contributed by atoms with Gasteiger partial charge in [0, 0.05) is 36.1 Å². The van der Waals surface area contributed by atoms with Crippen molar-refractivity contribution in [2.24, 2.45) is 0 Å². The van der Waals surface area contributed by atoms with Crippen molar-refractivity contribution in [1.82, 2.24) is 14.5 Å². The minimum Gasteiger partial charge on any atom is -0.327 e. The predicted octanol–water partition coefficient (Wildman–Crippen LogP) is 4.70. The third-order valence-electron chi connectivity index (χ3n) is 5.87. The van der Waals surface area contributed by atoms with Crippen LogP contribution in [0.2, 0.25) is 0 Å². The largest absolute Gasteiger partial charge is 0.327 e. The van der Waals surface area contributed by atoms with Crippen molar-refractivity contribution < 1.29 is 9.18 Å². The van der Waals surface area contributed by atoms with Crippen molar-refractivity contribution in [3.8, 4) is 11.3 Å². The molecule has 6 nitrogen and oxygen atoms in total. The van der Waals surface area contributed by atoms with Crippen molar-refractivity contribution in [3.63, 3.8) is 0 Å². The number of hydrogen-bond acceptors (Lipinski definition) is 5. The van der Waals surface area contributed by atoms with Gasteiger partial charge in [-0.1, -0.05) is 42.5 Å². The molecule has 2 aromatic heterocycles. The monoisotopic (exact) mass is 476 g/mol. The van der Waals surface area contributed by atoms with Crippen LogP contribution in [0.4, 0.5) is 10.3 Å². The molecule has 0 radical (unpaired) electrons. The van der Waals surface area contributed by atoms with Crippen LogP contribution in [0.15, 0.2) is 90.0 Å². The molecule has 2 aromatic carbocycles. The fourth-order valence-corrected chi connectivity index (χ4v) is 4.25. The number of pyridine rings is 1. The first kappa shape index (κ1) is 23.3. The van der Waals surface area contributed by atoms with Gasteiger partial charge in [-0.15, -0.1) is 12.4 Å². The smallest absolute Gasteiger partial charge is 0.255 e. The molecule has 0 N–H and O–H groups in total. The van der Waals surface area contributed by atoms with E-state index < -0.39 is 5.82 Å². The van der Waals surface area contributed by atoms with Crippen molar-refractivity contribution in [2.75, 3.05) is 11.4 Å². The van der Waals surface area contributed by atoms with Gasteiger partial charge in [0.05, 0.1) is 18.3 Å². The molecule has 4 aromatic rings. The second kappa shape index (κ2) is 9.97. The zero-order valence-corrected chi connectivity index (χ0v) is 19.0. The van der Waals surface area contributed by atoms with Gasteiger partial charge < -0.3 is 4.90 Å². The Bertz CT molecular complexity index is 1360. The molecule has 0 amide bonds. The summed E-state index contributed by atoms with van der Waals surface area (Å²) in [5.41, 5.74) is 2.42. The highest BCUT2D eigenvalue weighted by molar-refractivity contribution is 5.99. The Balaban J connectivity index is 0.00000274. The Morgan fingerprint density at radius 2 is 1.76 bits per heavy atom. The molecule has 0 fully saturated rings. The molecule has 8 heteroatoms. The van der Waals surface area contributed by atoms with Crippen LogP contribution >= 0.6 is 12.4 Å². The van der Waals surface area contributed by atoms with Crippen molar-refractivity contribution >= 4 is 24.1 Å². The van der Waals surface area contributed by atoms with Gasteiger partial charge in [-0.2, -0.15) is 0 Å². The molecular formula is C26H22ClFN4O2. The predicted molar refractivity (Wildman–Crippen MR) is 131 cm³/mol. The van der Waals surface area contributed by atoms with E-state index in [1.807, 2.05) is 35.2 Å². The summed E-state index contributed by atoms with van der Waals surface area (Å²) in [7, 11) is 0. The van der Waals surface area contributed by atoms with Crippen LogP contribution in [0.1, 0.15) is 28.4 Å². The molecule has 0 bridgehead atoms. The van der Waals surface area contributed by atoms with Crippen LogP contribution in [0.5, 0.6) is 0 Å². The van der Waals surface area contributed by atoms with Crippen molar-refractivity contribution in [1.29, 1.82) is 0 Å². The lowest BCUT2D eigenvalue weighted by molar-refractivity contribution is 0.0994. The lowest BCUT2D eigenvalue weighted by atomic mass is 9.99.